The molecule has 1 aromatic carbocycles. The van der Waals surface area contributed by atoms with E-state index in [0.717, 1.165) is 23.8 Å². The number of aromatic amines is 1. The van der Waals surface area contributed by atoms with Crippen LogP contribution in [0, 0.1) is 11.8 Å². The van der Waals surface area contributed by atoms with Crippen LogP contribution in [0.5, 0.6) is 0 Å². The van der Waals surface area contributed by atoms with Gasteiger partial charge in [-0.25, -0.2) is 9.36 Å². The van der Waals surface area contributed by atoms with E-state index < -0.39 is 17.3 Å². The van der Waals surface area contributed by atoms with E-state index in [1.165, 1.54) is 0 Å². The van der Waals surface area contributed by atoms with Gasteiger partial charge in [0.1, 0.15) is 6.04 Å². The molecule has 2 aromatic rings. The summed E-state index contributed by atoms with van der Waals surface area (Å²) < 4.78 is 1.13. The van der Waals surface area contributed by atoms with Gasteiger partial charge in [-0.15, -0.1) is 0 Å². The summed E-state index contributed by atoms with van der Waals surface area (Å²) in [5.41, 5.74) is -0.483. The van der Waals surface area contributed by atoms with E-state index in [1.54, 1.807) is 36.0 Å². The number of aromatic nitrogens is 2. The van der Waals surface area contributed by atoms with Crippen molar-refractivity contribution < 1.29 is 9.59 Å². The predicted octanol–water partition coefficient (Wildman–Crippen LogP) is 1.84. The number of benzene rings is 1. The first-order valence-corrected chi connectivity index (χ1v) is 13.2. The first-order valence-electron chi connectivity index (χ1n) is 11.8. The zero-order valence-corrected chi connectivity index (χ0v) is 19.7. The molecule has 2 bridgehead atoms. The smallest absolute Gasteiger partial charge is 0.329 e. The SMILES string of the molecule is CSCC[C@@H](C(=O)N1C[C@H]2C[C@@H](C1)[C@H]1CCCC(=O)N1C2)n1c(=O)[nH]c2ccccc2c1=O. The van der Waals surface area contributed by atoms with Crippen molar-refractivity contribution in [2.24, 2.45) is 11.8 Å². The molecular weight excluding hydrogens is 440 g/mol. The maximum Gasteiger partial charge on any atom is 0.329 e. The third-order valence-corrected chi connectivity index (χ3v) is 8.16. The summed E-state index contributed by atoms with van der Waals surface area (Å²) >= 11 is 1.59. The van der Waals surface area contributed by atoms with E-state index in [0.29, 0.717) is 49.1 Å². The molecule has 3 saturated heterocycles. The van der Waals surface area contributed by atoms with Gasteiger partial charge in [0.05, 0.1) is 10.9 Å². The molecule has 0 spiro atoms. The van der Waals surface area contributed by atoms with Gasteiger partial charge >= 0.3 is 5.69 Å². The van der Waals surface area contributed by atoms with Crippen LogP contribution in [0.3, 0.4) is 0 Å². The van der Waals surface area contributed by atoms with E-state index in [9.17, 15) is 19.2 Å². The summed E-state index contributed by atoms with van der Waals surface area (Å²) in [7, 11) is 0. The molecule has 5 rings (SSSR count). The lowest BCUT2D eigenvalue weighted by Gasteiger charge is -2.52. The number of carbonyl (C=O) groups excluding carboxylic acids is 2. The van der Waals surface area contributed by atoms with E-state index in [-0.39, 0.29) is 29.7 Å². The molecule has 4 atom stereocenters. The minimum atomic E-state index is -0.832. The second-order valence-corrected chi connectivity index (χ2v) is 10.5. The summed E-state index contributed by atoms with van der Waals surface area (Å²) in [6, 6.07) is 6.28. The molecule has 176 valence electrons. The van der Waals surface area contributed by atoms with E-state index in [4.69, 9.17) is 0 Å². The Morgan fingerprint density at radius 1 is 1.18 bits per heavy atom. The van der Waals surface area contributed by atoms with Gasteiger partial charge in [0.2, 0.25) is 11.8 Å². The fourth-order valence-corrected chi connectivity index (χ4v) is 6.51. The highest BCUT2D eigenvalue weighted by atomic mass is 32.2. The summed E-state index contributed by atoms with van der Waals surface area (Å²) in [5, 5.41) is 0.408. The number of nitrogens with zero attached hydrogens (tertiary/aromatic N) is 3. The Balaban J connectivity index is 1.47. The maximum absolute atomic E-state index is 13.8. The molecular formula is C24H30N4O4S. The number of fused-ring (bicyclic) bond motifs is 5. The van der Waals surface area contributed by atoms with Crippen LogP contribution in [0.15, 0.2) is 33.9 Å². The fourth-order valence-electron chi connectivity index (χ4n) is 6.05. The largest absolute Gasteiger partial charge is 0.340 e. The second-order valence-electron chi connectivity index (χ2n) is 9.56. The Kier molecular flexibility index (Phi) is 6.07. The van der Waals surface area contributed by atoms with E-state index in [2.05, 4.69) is 4.98 Å². The van der Waals surface area contributed by atoms with Crippen molar-refractivity contribution >= 4 is 34.5 Å². The molecule has 0 saturated carbocycles. The Bertz CT molecular complexity index is 1190. The van der Waals surface area contributed by atoms with Crippen LogP contribution in [0.25, 0.3) is 10.9 Å². The van der Waals surface area contributed by atoms with Crippen molar-refractivity contribution in [3.05, 3.63) is 45.1 Å². The number of nitrogens with one attached hydrogen (secondary N) is 1. The molecule has 0 aliphatic carbocycles. The van der Waals surface area contributed by atoms with Gasteiger partial charge in [-0.2, -0.15) is 11.8 Å². The Labute approximate surface area is 196 Å². The highest BCUT2D eigenvalue weighted by molar-refractivity contribution is 7.98. The first-order chi connectivity index (χ1) is 16.0. The Morgan fingerprint density at radius 3 is 2.82 bits per heavy atom. The average molecular weight is 471 g/mol. The molecule has 33 heavy (non-hydrogen) atoms. The molecule has 1 aromatic heterocycles. The number of carbonyl (C=O) groups is 2. The van der Waals surface area contributed by atoms with Gasteiger partial charge < -0.3 is 14.8 Å². The molecule has 3 aliphatic heterocycles. The van der Waals surface area contributed by atoms with Gasteiger partial charge in [0, 0.05) is 32.1 Å². The van der Waals surface area contributed by atoms with Crippen LogP contribution < -0.4 is 11.2 Å². The lowest BCUT2D eigenvalue weighted by Crippen LogP contribution is -2.62. The molecule has 1 N–H and O–H groups in total. The molecule has 4 heterocycles. The highest BCUT2D eigenvalue weighted by Crippen LogP contribution is 2.38. The topological polar surface area (TPSA) is 95.5 Å². The van der Waals surface area contributed by atoms with Gasteiger partial charge in [-0.3, -0.25) is 14.4 Å². The summed E-state index contributed by atoms with van der Waals surface area (Å²) in [5.74, 6) is 1.27. The number of piperidine rings is 3. The van der Waals surface area contributed by atoms with Crippen LogP contribution in [-0.4, -0.2) is 68.8 Å². The highest BCUT2D eigenvalue weighted by Gasteiger charge is 2.45. The minimum absolute atomic E-state index is 0.155. The number of thioether (sulfide) groups is 1. The summed E-state index contributed by atoms with van der Waals surface area (Å²) in [6.07, 6.45) is 5.93. The van der Waals surface area contributed by atoms with Crippen LogP contribution in [0.4, 0.5) is 0 Å². The zero-order valence-electron chi connectivity index (χ0n) is 18.9. The molecule has 0 radical (unpaired) electrons. The zero-order chi connectivity index (χ0) is 23.1. The van der Waals surface area contributed by atoms with Crippen molar-refractivity contribution in [3.8, 4) is 0 Å². The standard InChI is InChI=1S/C24H30N4O4S/c1-33-10-9-20(28-22(30)17-5-2-3-6-18(17)25-24(28)32)23(31)26-12-15-11-16(14-26)19-7-4-8-21(29)27(19)13-15/h2-3,5-6,15-16,19-20H,4,7-14H2,1H3,(H,25,32)/t15-,16+,19-,20+/m1/s1. The lowest BCUT2D eigenvalue weighted by atomic mass is 9.76. The van der Waals surface area contributed by atoms with Crippen molar-refractivity contribution in [3.63, 3.8) is 0 Å². The number of hydrogen-bond donors (Lipinski definition) is 1. The van der Waals surface area contributed by atoms with E-state index in [1.807, 2.05) is 16.1 Å². The van der Waals surface area contributed by atoms with Gasteiger partial charge in [-0.05, 0) is 61.7 Å². The van der Waals surface area contributed by atoms with Crippen molar-refractivity contribution in [1.82, 2.24) is 19.4 Å². The fraction of sp³-hybridized carbons (Fsp3) is 0.583. The predicted molar refractivity (Wildman–Crippen MR) is 128 cm³/mol. The van der Waals surface area contributed by atoms with Crippen LogP contribution in [0.2, 0.25) is 0 Å². The van der Waals surface area contributed by atoms with Gasteiger partial charge in [0.25, 0.3) is 5.56 Å². The molecule has 3 aliphatic rings. The Hall–Kier alpha value is -2.55. The average Bonchev–Trinajstić information content (AvgIpc) is 2.81. The van der Waals surface area contributed by atoms with Crippen molar-refractivity contribution in [2.45, 2.75) is 44.2 Å². The number of likely N-dealkylation sites (tertiary alicyclic amines) is 1. The Morgan fingerprint density at radius 2 is 2.00 bits per heavy atom. The first kappa shape index (κ1) is 22.3. The number of hydrogen-bond acceptors (Lipinski definition) is 5. The molecule has 9 heteroatoms. The summed E-state index contributed by atoms with van der Waals surface area (Å²) in [4.78, 5) is 59.2. The van der Waals surface area contributed by atoms with Crippen LogP contribution >= 0.6 is 11.8 Å². The number of H-pyrrole nitrogens is 1. The number of para-hydroxylation sites is 1. The van der Waals surface area contributed by atoms with Crippen LogP contribution in [-0.2, 0) is 9.59 Å². The second kappa shape index (κ2) is 9.00. The van der Waals surface area contributed by atoms with Gasteiger partial charge in [0.15, 0.2) is 0 Å². The van der Waals surface area contributed by atoms with Crippen molar-refractivity contribution in [1.29, 1.82) is 0 Å². The maximum atomic E-state index is 13.8. The van der Waals surface area contributed by atoms with Gasteiger partial charge in [-0.1, -0.05) is 12.1 Å². The third kappa shape index (κ3) is 4.00. The molecule has 8 nitrogen and oxygen atoms in total. The number of rotatable bonds is 5. The number of amides is 2. The molecule has 2 amide bonds. The quantitative estimate of drug-likeness (QED) is 0.720. The minimum Gasteiger partial charge on any atom is -0.340 e. The monoisotopic (exact) mass is 470 g/mol. The third-order valence-electron chi connectivity index (χ3n) is 7.52. The normalized spacial score (nSPS) is 25.7. The molecule has 3 fully saturated rings. The molecule has 0 unspecified atom stereocenters. The lowest BCUT2D eigenvalue weighted by molar-refractivity contribution is -0.150. The van der Waals surface area contributed by atoms with E-state index >= 15 is 0 Å². The van der Waals surface area contributed by atoms with Crippen LogP contribution in [0.1, 0.15) is 38.1 Å². The van der Waals surface area contributed by atoms with Crippen molar-refractivity contribution in [2.75, 3.05) is 31.6 Å². The summed E-state index contributed by atoms with van der Waals surface area (Å²) in [6.45, 7) is 1.86.